The Kier molecular flexibility index (Phi) is 4.54. The molecule has 1 aliphatic rings. The highest BCUT2D eigenvalue weighted by atomic mass is 79.9. The average Bonchev–Trinajstić information content (AvgIpc) is 3.18. The summed E-state index contributed by atoms with van der Waals surface area (Å²) in [4.78, 5) is 14.3. The summed E-state index contributed by atoms with van der Waals surface area (Å²) in [7, 11) is 3.96. The van der Waals surface area contributed by atoms with E-state index in [2.05, 4.69) is 40.2 Å². The van der Waals surface area contributed by atoms with Crippen LogP contribution in [0.2, 0.25) is 0 Å². The van der Waals surface area contributed by atoms with Gasteiger partial charge in [-0.15, -0.1) is 0 Å². The Morgan fingerprint density at radius 2 is 2.15 bits per heavy atom. The van der Waals surface area contributed by atoms with E-state index in [1.54, 1.807) is 6.20 Å². The summed E-state index contributed by atoms with van der Waals surface area (Å²) >= 11 is 3.41. The number of anilines is 1. The van der Waals surface area contributed by atoms with Crippen molar-refractivity contribution in [2.24, 2.45) is 5.92 Å². The standard InChI is InChI=1S/C14H23BrN4O/c1-14(2,10-5-6-10)17-11-9-16-19(8-7-18(3)4)13(20)12(11)15/h9-10,17H,5-8H2,1-4H3. The van der Waals surface area contributed by atoms with E-state index in [4.69, 9.17) is 0 Å². The maximum absolute atomic E-state index is 12.3. The van der Waals surface area contributed by atoms with E-state index in [1.165, 1.54) is 17.5 Å². The molecule has 1 aromatic heterocycles. The van der Waals surface area contributed by atoms with Gasteiger partial charge in [0.15, 0.2) is 0 Å². The zero-order valence-corrected chi connectivity index (χ0v) is 14.2. The lowest BCUT2D eigenvalue weighted by molar-refractivity contribution is 0.367. The number of nitrogens with one attached hydrogen (secondary N) is 1. The molecule has 1 N–H and O–H groups in total. The average molecular weight is 343 g/mol. The molecule has 5 nitrogen and oxygen atoms in total. The topological polar surface area (TPSA) is 50.2 Å². The molecule has 1 fully saturated rings. The van der Waals surface area contributed by atoms with Crippen molar-refractivity contribution in [3.05, 3.63) is 21.0 Å². The number of rotatable bonds is 6. The molecule has 0 bridgehead atoms. The van der Waals surface area contributed by atoms with Gasteiger partial charge in [0.1, 0.15) is 4.47 Å². The van der Waals surface area contributed by atoms with Gasteiger partial charge in [-0.05, 0) is 62.6 Å². The fourth-order valence-electron chi connectivity index (χ4n) is 2.26. The van der Waals surface area contributed by atoms with Gasteiger partial charge in [-0.25, -0.2) is 4.68 Å². The van der Waals surface area contributed by atoms with E-state index in [0.29, 0.717) is 16.9 Å². The SMILES string of the molecule is CN(C)CCn1ncc(NC(C)(C)C2CC2)c(Br)c1=O. The summed E-state index contributed by atoms with van der Waals surface area (Å²) < 4.78 is 2.07. The first kappa shape index (κ1) is 15.5. The van der Waals surface area contributed by atoms with E-state index >= 15 is 0 Å². The van der Waals surface area contributed by atoms with Gasteiger partial charge in [0.25, 0.3) is 5.56 Å². The largest absolute Gasteiger partial charge is 0.378 e. The molecule has 0 spiro atoms. The highest BCUT2D eigenvalue weighted by molar-refractivity contribution is 9.10. The third-order valence-electron chi connectivity index (χ3n) is 3.80. The van der Waals surface area contributed by atoms with Crippen LogP contribution in [0.5, 0.6) is 0 Å². The predicted octanol–water partition coefficient (Wildman–Crippen LogP) is 2.17. The number of likely N-dealkylation sites (N-methyl/N-ethyl adjacent to an activating group) is 1. The predicted molar refractivity (Wildman–Crippen MR) is 85.2 cm³/mol. The maximum Gasteiger partial charge on any atom is 0.283 e. The van der Waals surface area contributed by atoms with Crippen molar-refractivity contribution in [1.29, 1.82) is 0 Å². The maximum atomic E-state index is 12.3. The van der Waals surface area contributed by atoms with Crippen LogP contribution < -0.4 is 10.9 Å². The van der Waals surface area contributed by atoms with Gasteiger partial charge in [0, 0.05) is 12.1 Å². The minimum Gasteiger partial charge on any atom is -0.378 e. The smallest absolute Gasteiger partial charge is 0.283 e. The molecule has 1 aliphatic carbocycles. The molecule has 6 heteroatoms. The van der Waals surface area contributed by atoms with Gasteiger partial charge >= 0.3 is 0 Å². The van der Waals surface area contributed by atoms with Crippen molar-refractivity contribution >= 4 is 21.6 Å². The Balaban J connectivity index is 2.16. The highest BCUT2D eigenvalue weighted by Gasteiger charge is 2.38. The van der Waals surface area contributed by atoms with E-state index in [-0.39, 0.29) is 11.1 Å². The zero-order chi connectivity index (χ0) is 14.9. The fraction of sp³-hybridized carbons (Fsp3) is 0.714. The summed E-state index contributed by atoms with van der Waals surface area (Å²) in [6.07, 6.45) is 4.25. The van der Waals surface area contributed by atoms with Crippen molar-refractivity contribution in [3.63, 3.8) is 0 Å². The Hall–Kier alpha value is -0.880. The molecule has 0 atom stereocenters. The van der Waals surface area contributed by atoms with Crippen LogP contribution >= 0.6 is 15.9 Å². The molecule has 2 rings (SSSR count). The zero-order valence-electron chi connectivity index (χ0n) is 12.6. The molecule has 0 amide bonds. The summed E-state index contributed by atoms with van der Waals surface area (Å²) in [5.41, 5.74) is 0.711. The first-order chi connectivity index (χ1) is 9.31. The van der Waals surface area contributed by atoms with Crippen molar-refractivity contribution in [1.82, 2.24) is 14.7 Å². The fourth-order valence-corrected chi connectivity index (χ4v) is 2.67. The first-order valence-electron chi connectivity index (χ1n) is 7.00. The number of hydrogen-bond acceptors (Lipinski definition) is 4. The van der Waals surface area contributed by atoms with E-state index in [9.17, 15) is 4.79 Å². The molecule has 20 heavy (non-hydrogen) atoms. The summed E-state index contributed by atoms with van der Waals surface area (Å²) in [5, 5.41) is 7.71. The van der Waals surface area contributed by atoms with Crippen molar-refractivity contribution in [2.75, 3.05) is 26.0 Å². The Bertz CT molecular complexity index is 534. The van der Waals surface area contributed by atoms with Gasteiger partial charge in [-0.1, -0.05) is 0 Å². The van der Waals surface area contributed by atoms with E-state index < -0.39 is 0 Å². The normalized spacial score (nSPS) is 15.7. The second-order valence-electron chi connectivity index (χ2n) is 6.32. The molecule has 0 radical (unpaired) electrons. The molecular formula is C14H23BrN4O. The lowest BCUT2D eigenvalue weighted by Crippen LogP contribution is -2.35. The van der Waals surface area contributed by atoms with Crippen LogP contribution in [0.15, 0.2) is 15.5 Å². The highest BCUT2D eigenvalue weighted by Crippen LogP contribution is 2.41. The lowest BCUT2D eigenvalue weighted by atomic mass is 9.98. The number of hydrogen-bond donors (Lipinski definition) is 1. The van der Waals surface area contributed by atoms with Gasteiger partial charge in [0.2, 0.25) is 0 Å². The molecule has 0 aromatic carbocycles. The van der Waals surface area contributed by atoms with Crippen molar-refractivity contribution in [3.8, 4) is 0 Å². The lowest BCUT2D eigenvalue weighted by Gasteiger charge is -2.28. The molecule has 1 aromatic rings. The van der Waals surface area contributed by atoms with Crippen LogP contribution in [0.1, 0.15) is 26.7 Å². The van der Waals surface area contributed by atoms with Crippen LogP contribution in [-0.2, 0) is 6.54 Å². The second-order valence-corrected chi connectivity index (χ2v) is 7.12. The van der Waals surface area contributed by atoms with Crippen LogP contribution in [0.25, 0.3) is 0 Å². The summed E-state index contributed by atoms with van der Waals surface area (Å²) in [6.45, 7) is 5.74. The quantitative estimate of drug-likeness (QED) is 0.860. The van der Waals surface area contributed by atoms with Crippen molar-refractivity contribution < 1.29 is 0 Å². The second kappa shape index (κ2) is 5.85. The Morgan fingerprint density at radius 1 is 1.50 bits per heavy atom. The third kappa shape index (κ3) is 3.61. The van der Waals surface area contributed by atoms with Gasteiger partial charge in [0.05, 0.1) is 18.4 Å². The van der Waals surface area contributed by atoms with Crippen LogP contribution in [0.4, 0.5) is 5.69 Å². The summed E-state index contributed by atoms with van der Waals surface area (Å²) in [5.74, 6) is 0.686. The molecule has 1 heterocycles. The Morgan fingerprint density at radius 3 is 2.70 bits per heavy atom. The van der Waals surface area contributed by atoms with Gasteiger partial charge in [-0.3, -0.25) is 4.79 Å². The third-order valence-corrected chi connectivity index (χ3v) is 4.57. The number of nitrogens with zero attached hydrogens (tertiary/aromatic N) is 3. The first-order valence-corrected chi connectivity index (χ1v) is 7.79. The Labute approximate surface area is 128 Å². The molecular weight excluding hydrogens is 320 g/mol. The van der Waals surface area contributed by atoms with Gasteiger partial charge < -0.3 is 10.2 Å². The number of aromatic nitrogens is 2. The van der Waals surface area contributed by atoms with E-state index in [1.807, 2.05) is 19.0 Å². The van der Waals surface area contributed by atoms with E-state index in [0.717, 1.165) is 12.2 Å². The summed E-state index contributed by atoms with van der Waals surface area (Å²) in [6, 6.07) is 0. The van der Waals surface area contributed by atoms with Gasteiger partial charge in [-0.2, -0.15) is 5.10 Å². The van der Waals surface area contributed by atoms with Crippen LogP contribution in [-0.4, -0.2) is 40.9 Å². The monoisotopic (exact) mass is 342 g/mol. The van der Waals surface area contributed by atoms with Crippen LogP contribution in [0.3, 0.4) is 0 Å². The minimum absolute atomic E-state index is 0.00641. The van der Waals surface area contributed by atoms with Crippen LogP contribution in [0, 0.1) is 5.92 Å². The minimum atomic E-state index is -0.0801. The molecule has 0 unspecified atom stereocenters. The molecule has 112 valence electrons. The molecule has 1 saturated carbocycles. The number of halogens is 1. The molecule has 0 aliphatic heterocycles. The molecule has 0 saturated heterocycles. The van der Waals surface area contributed by atoms with Crippen molar-refractivity contribution in [2.45, 2.75) is 38.8 Å².